The molecule has 0 aliphatic carbocycles. The van der Waals surface area contributed by atoms with Crippen LogP contribution >= 0.6 is 0 Å². The predicted molar refractivity (Wildman–Crippen MR) is 69.5 cm³/mol. The van der Waals surface area contributed by atoms with Gasteiger partial charge in [0.2, 0.25) is 11.8 Å². The molecule has 0 bridgehead atoms. The molecule has 100 valence electrons. The summed E-state index contributed by atoms with van der Waals surface area (Å²) < 4.78 is 0. The van der Waals surface area contributed by atoms with Gasteiger partial charge in [-0.25, -0.2) is 0 Å². The summed E-state index contributed by atoms with van der Waals surface area (Å²) in [4.78, 5) is 23.0. The fourth-order valence-corrected chi connectivity index (χ4v) is 1.32. The fourth-order valence-electron chi connectivity index (χ4n) is 1.32. The zero-order valence-corrected chi connectivity index (χ0v) is 11.7. The minimum Gasteiger partial charge on any atom is -0.354 e. The Bertz CT molecular complexity index is 253. The SMILES string of the molecule is CCC(CC)CNC(=O)CNC(=O)C(C)(C)C. The van der Waals surface area contributed by atoms with E-state index in [1.54, 1.807) is 0 Å². The van der Waals surface area contributed by atoms with Crippen LogP contribution < -0.4 is 10.6 Å². The van der Waals surface area contributed by atoms with Gasteiger partial charge in [0.15, 0.2) is 0 Å². The topological polar surface area (TPSA) is 58.2 Å². The summed E-state index contributed by atoms with van der Waals surface area (Å²) in [6.45, 7) is 10.5. The van der Waals surface area contributed by atoms with Crippen molar-refractivity contribution in [3.63, 3.8) is 0 Å². The van der Waals surface area contributed by atoms with Crippen molar-refractivity contribution in [1.29, 1.82) is 0 Å². The van der Waals surface area contributed by atoms with Gasteiger partial charge in [0.25, 0.3) is 0 Å². The molecule has 4 nitrogen and oxygen atoms in total. The highest BCUT2D eigenvalue weighted by molar-refractivity contribution is 5.87. The second-order valence-electron chi connectivity index (χ2n) is 5.42. The van der Waals surface area contributed by atoms with Gasteiger partial charge in [-0.3, -0.25) is 9.59 Å². The van der Waals surface area contributed by atoms with Crippen LogP contribution in [0.3, 0.4) is 0 Å². The molecule has 17 heavy (non-hydrogen) atoms. The van der Waals surface area contributed by atoms with Gasteiger partial charge in [0, 0.05) is 12.0 Å². The Morgan fingerprint density at radius 1 is 1.06 bits per heavy atom. The van der Waals surface area contributed by atoms with Crippen molar-refractivity contribution >= 4 is 11.8 Å². The summed E-state index contributed by atoms with van der Waals surface area (Å²) in [5.74, 6) is 0.307. The second-order valence-corrected chi connectivity index (χ2v) is 5.42. The minimum atomic E-state index is -0.449. The van der Waals surface area contributed by atoms with Crippen molar-refractivity contribution in [2.45, 2.75) is 47.5 Å². The molecule has 0 rings (SSSR count). The molecule has 0 spiro atoms. The van der Waals surface area contributed by atoms with Crippen LogP contribution in [0.4, 0.5) is 0 Å². The van der Waals surface area contributed by atoms with Crippen molar-refractivity contribution in [2.24, 2.45) is 11.3 Å². The summed E-state index contributed by atoms with van der Waals surface area (Å²) >= 11 is 0. The third-order valence-electron chi connectivity index (χ3n) is 2.83. The van der Waals surface area contributed by atoms with Crippen LogP contribution in [0.15, 0.2) is 0 Å². The van der Waals surface area contributed by atoms with Crippen LogP contribution in [0, 0.1) is 11.3 Å². The molecule has 0 saturated heterocycles. The van der Waals surface area contributed by atoms with E-state index < -0.39 is 5.41 Å². The zero-order valence-electron chi connectivity index (χ0n) is 11.7. The van der Waals surface area contributed by atoms with E-state index in [9.17, 15) is 9.59 Å². The molecule has 0 aromatic heterocycles. The zero-order chi connectivity index (χ0) is 13.5. The second kappa shape index (κ2) is 7.30. The maximum Gasteiger partial charge on any atom is 0.239 e. The molecular formula is C13H26N2O2. The molecule has 0 aliphatic rings. The van der Waals surface area contributed by atoms with Crippen LogP contribution in [-0.4, -0.2) is 24.9 Å². The van der Waals surface area contributed by atoms with Crippen molar-refractivity contribution in [1.82, 2.24) is 10.6 Å². The van der Waals surface area contributed by atoms with Gasteiger partial charge in [0.05, 0.1) is 6.54 Å². The van der Waals surface area contributed by atoms with Gasteiger partial charge in [-0.05, 0) is 5.92 Å². The minimum absolute atomic E-state index is 0.0657. The third-order valence-corrected chi connectivity index (χ3v) is 2.83. The fraction of sp³-hybridized carbons (Fsp3) is 0.846. The van der Waals surface area contributed by atoms with E-state index in [4.69, 9.17) is 0 Å². The molecule has 2 N–H and O–H groups in total. The number of hydrogen-bond acceptors (Lipinski definition) is 2. The predicted octanol–water partition coefficient (Wildman–Crippen LogP) is 1.70. The van der Waals surface area contributed by atoms with Gasteiger partial charge in [-0.2, -0.15) is 0 Å². The Balaban J connectivity index is 3.85. The molecule has 0 saturated carbocycles. The van der Waals surface area contributed by atoms with Gasteiger partial charge in [0.1, 0.15) is 0 Å². The molecule has 4 heteroatoms. The van der Waals surface area contributed by atoms with Gasteiger partial charge in [-0.1, -0.05) is 47.5 Å². The van der Waals surface area contributed by atoms with Gasteiger partial charge >= 0.3 is 0 Å². The van der Waals surface area contributed by atoms with Crippen LogP contribution in [0.1, 0.15) is 47.5 Å². The average molecular weight is 242 g/mol. The summed E-state index contributed by atoms with van der Waals surface area (Å²) in [6, 6.07) is 0. The highest BCUT2D eigenvalue weighted by atomic mass is 16.2. The molecule has 0 unspecified atom stereocenters. The largest absolute Gasteiger partial charge is 0.354 e. The normalized spacial score (nSPS) is 11.4. The van der Waals surface area contributed by atoms with Crippen molar-refractivity contribution in [3.8, 4) is 0 Å². The highest BCUT2D eigenvalue weighted by Crippen LogP contribution is 2.11. The number of carbonyl (C=O) groups is 2. The Morgan fingerprint density at radius 3 is 2.00 bits per heavy atom. The lowest BCUT2D eigenvalue weighted by Crippen LogP contribution is -2.42. The van der Waals surface area contributed by atoms with E-state index in [0.29, 0.717) is 12.5 Å². The van der Waals surface area contributed by atoms with Crippen LogP contribution in [0.2, 0.25) is 0 Å². The van der Waals surface area contributed by atoms with E-state index in [0.717, 1.165) is 12.8 Å². The smallest absolute Gasteiger partial charge is 0.239 e. The summed E-state index contributed by atoms with van der Waals surface area (Å²) in [5.41, 5.74) is -0.449. The number of carbonyl (C=O) groups excluding carboxylic acids is 2. The van der Waals surface area contributed by atoms with E-state index in [-0.39, 0.29) is 18.4 Å². The Labute approximate surface area is 105 Å². The first-order valence-electron chi connectivity index (χ1n) is 6.36. The van der Waals surface area contributed by atoms with Crippen LogP contribution in [0.5, 0.6) is 0 Å². The van der Waals surface area contributed by atoms with E-state index in [2.05, 4.69) is 24.5 Å². The van der Waals surface area contributed by atoms with Crippen molar-refractivity contribution < 1.29 is 9.59 Å². The van der Waals surface area contributed by atoms with E-state index in [1.165, 1.54) is 0 Å². The Hall–Kier alpha value is -1.06. The average Bonchev–Trinajstić information content (AvgIpc) is 2.25. The van der Waals surface area contributed by atoms with E-state index >= 15 is 0 Å². The lowest BCUT2D eigenvalue weighted by atomic mass is 9.96. The van der Waals surface area contributed by atoms with Gasteiger partial charge in [-0.15, -0.1) is 0 Å². The first-order chi connectivity index (χ1) is 7.81. The van der Waals surface area contributed by atoms with Crippen molar-refractivity contribution in [3.05, 3.63) is 0 Å². The highest BCUT2D eigenvalue weighted by Gasteiger charge is 2.21. The number of nitrogens with one attached hydrogen (secondary N) is 2. The Kier molecular flexibility index (Phi) is 6.85. The van der Waals surface area contributed by atoms with Crippen molar-refractivity contribution in [2.75, 3.05) is 13.1 Å². The summed E-state index contributed by atoms with van der Waals surface area (Å²) in [6.07, 6.45) is 2.12. The quantitative estimate of drug-likeness (QED) is 0.745. The molecular weight excluding hydrogens is 216 g/mol. The summed E-state index contributed by atoms with van der Waals surface area (Å²) in [5, 5.41) is 5.47. The molecule has 0 aliphatic heterocycles. The molecule has 0 radical (unpaired) electrons. The monoisotopic (exact) mass is 242 g/mol. The standard InChI is InChI=1S/C13H26N2O2/c1-6-10(7-2)8-14-11(16)9-15-12(17)13(3,4)5/h10H,6-9H2,1-5H3,(H,14,16)(H,15,17). The molecule has 0 heterocycles. The molecule has 0 fully saturated rings. The van der Waals surface area contributed by atoms with Gasteiger partial charge < -0.3 is 10.6 Å². The number of amides is 2. The molecule has 2 amide bonds. The number of rotatable bonds is 6. The number of hydrogen-bond donors (Lipinski definition) is 2. The first-order valence-corrected chi connectivity index (χ1v) is 6.36. The maximum atomic E-state index is 11.5. The first kappa shape index (κ1) is 15.9. The Morgan fingerprint density at radius 2 is 1.59 bits per heavy atom. The van der Waals surface area contributed by atoms with Crippen LogP contribution in [0.25, 0.3) is 0 Å². The molecule has 0 atom stereocenters. The third kappa shape index (κ3) is 6.97. The lowest BCUT2D eigenvalue weighted by Gasteiger charge is -2.18. The lowest BCUT2D eigenvalue weighted by molar-refractivity contribution is -0.131. The van der Waals surface area contributed by atoms with Crippen LogP contribution in [-0.2, 0) is 9.59 Å². The van der Waals surface area contributed by atoms with E-state index in [1.807, 2.05) is 20.8 Å². The maximum absolute atomic E-state index is 11.5. The summed E-state index contributed by atoms with van der Waals surface area (Å²) in [7, 11) is 0. The molecule has 0 aromatic rings. The molecule has 0 aromatic carbocycles.